The van der Waals surface area contributed by atoms with Crippen LogP contribution in [-0.4, -0.2) is 24.0 Å². The minimum absolute atomic E-state index is 0.210. The molecule has 1 aromatic carbocycles. The van der Waals surface area contributed by atoms with Crippen LogP contribution in [0.3, 0.4) is 0 Å². The summed E-state index contributed by atoms with van der Waals surface area (Å²) in [4.78, 5) is 26.5. The lowest BCUT2D eigenvalue weighted by Gasteiger charge is -2.21. The largest absolute Gasteiger partial charge is 0.457 e. The van der Waals surface area contributed by atoms with E-state index in [1.165, 1.54) is 17.0 Å². The molecule has 0 saturated heterocycles. The standard InChI is InChI=1S/C20H24FNO3/c1-20(2,3)25-17(23)11-15-14-9-6-10-16(21)18(14)22(19(15)24)12-13-7-4-5-8-13/h6,9-11,13H,4-5,7-8,12H2,1-3H3/b15-11+. The van der Waals surface area contributed by atoms with Gasteiger partial charge in [-0.2, -0.15) is 0 Å². The Morgan fingerprint density at radius 1 is 1.32 bits per heavy atom. The second-order valence-corrected chi connectivity index (χ2v) is 7.79. The summed E-state index contributed by atoms with van der Waals surface area (Å²) in [7, 11) is 0. The Morgan fingerprint density at radius 3 is 2.64 bits per heavy atom. The first-order valence-electron chi connectivity index (χ1n) is 8.82. The maximum Gasteiger partial charge on any atom is 0.332 e. The molecule has 2 aliphatic rings. The molecule has 1 aromatic rings. The minimum Gasteiger partial charge on any atom is -0.457 e. The van der Waals surface area contributed by atoms with Crippen molar-refractivity contribution < 1.29 is 18.7 Å². The topological polar surface area (TPSA) is 46.6 Å². The third kappa shape index (κ3) is 3.75. The Kier molecular flexibility index (Phi) is 4.67. The molecule has 1 amide bonds. The number of benzene rings is 1. The van der Waals surface area contributed by atoms with Crippen LogP contribution < -0.4 is 4.90 Å². The molecule has 4 nitrogen and oxygen atoms in total. The number of hydrogen-bond acceptors (Lipinski definition) is 3. The lowest BCUT2D eigenvalue weighted by Crippen LogP contribution is -2.32. The van der Waals surface area contributed by atoms with Gasteiger partial charge in [0, 0.05) is 18.2 Å². The van der Waals surface area contributed by atoms with E-state index in [9.17, 15) is 14.0 Å². The second kappa shape index (κ2) is 6.62. The lowest BCUT2D eigenvalue weighted by atomic mass is 10.1. The summed E-state index contributed by atoms with van der Waals surface area (Å²) in [6.45, 7) is 5.79. The molecule has 0 radical (unpaired) electrons. The number of amides is 1. The molecular weight excluding hydrogens is 321 g/mol. The van der Waals surface area contributed by atoms with Crippen LogP contribution in [0.4, 0.5) is 10.1 Å². The highest BCUT2D eigenvalue weighted by atomic mass is 19.1. The molecule has 0 unspecified atom stereocenters. The molecule has 1 fully saturated rings. The summed E-state index contributed by atoms with van der Waals surface area (Å²) in [5, 5.41) is 0. The number of halogens is 1. The second-order valence-electron chi connectivity index (χ2n) is 7.79. The van der Waals surface area contributed by atoms with Crippen molar-refractivity contribution in [3.05, 3.63) is 35.7 Å². The maximum absolute atomic E-state index is 14.4. The number of para-hydroxylation sites is 1. The summed E-state index contributed by atoms with van der Waals surface area (Å²) in [5.41, 5.74) is 0.314. The van der Waals surface area contributed by atoms with Crippen molar-refractivity contribution in [2.75, 3.05) is 11.4 Å². The number of carbonyl (C=O) groups excluding carboxylic acids is 2. The predicted octanol–water partition coefficient (Wildman–Crippen LogP) is 4.09. The van der Waals surface area contributed by atoms with Gasteiger partial charge in [0.15, 0.2) is 0 Å². The van der Waals surface area contributed by atoms with Crippen molar-refractivity contribution in [1.82, 2.24) is 0 Å². The van der Waals surface area contributed by atoms with Gasteiger partial charge in [0.1, 0.15) is 11.4 Å². The molecule has 0 spiro atoms. The monoisotopic (exact) mass is 345 g/mol. The van der Waals surface area contributed by atoms with E-state index in [1.54, 1.807) is 32.9 Å². The molecule has 1 aliphatic carbocycles. The van der Waals surface area contributed by atoms with Crippen LogP contribution in [0.1, 0.15) is 52.0 Å². The van der Waals surface area contributed by atoms with Gasteiger partial charge in [-0.25, -0.2) is 9.18 Å². The van der Waals surface area contributed by atoms with Gasteiger partial charge in [0.2, 0.25) is 0 Å². The van der Waals surface area contributed by atoms with Crippen molar-refractivity contribution in [1.29, 1.82) is 0 Å². The van der Waals surface area contributed by atoms with Gasteiger partial charge in [-0.15, -0.1) is 0 Å². The number of fused-ring (bicyclic) bond motifs is 1. The first-order chi connectivity index (χ1) is 11.8. The van der Waals surface area contributed by atoms with Crippen molar-refractivity contribution in [3.63, 3.8) is 0 Å². The molecule has 134 valence electrons. The number of esters is 1. The molecule has 3 rings (SSSR count). The van der Waals surface area contributed by atoms with Gasteiger partial charge in [-0.1, -0.05) is 25.0 Å². The van der Waals surface area contributed by atoms with E-state index in [1.807, 2.05) is 0 Å². The van der Waals surface area contributed by atoms with E-state index in [2.05, 4.69) is 0 Å². The normalized spacial score (nSPS) is 19.6. The molecule has 1 heterocycles. The van der Waals surface area contributed by atoms with Crippen molar-refractivity contribution in [2.45, 2.75) is 52.1 Å². The molecule has 25 heavy (non-hydrogen) atoms. The Balaban J connectivity index is 1.94. The summed E-state index contributed by atoms with van der Waals surface area (Å²) < 4.78 is 19.7. The number of anilines is 1. The fourth-order valence-corrected chi connectivity index (χ4v) is 3.58. The minimum atomic E-state index is -0.649. The van der Waals surface area contributed by atoms with Crippen molar-refractivity contribution in [3.8, 4) is 0 Å². The van der Waals surface area contributed by atoms with E-state index in [0.717, 1.165) is 25.7 Å². The fraction of sp³-hybridized carbons (Fsp3) is 0.500. The quantitative estimate of drug-likeness (QED) is 0.612. The fourth-order valence-electron chi connectivity index (χ4n) is 3.58. The van der Waals surface area contributed by atoms with E-state index < -0.39 is 17.4 Å². The van der Waals surface area contributed by atoms with E-state index >= 15 is 0 Å². The van der Waals surface area contributed by atoms with Gasteiger partial charge >= 0.3 is 5.97 Å². The number of rotatable bonds is 3. The van der Waals surface area contributed by atoms with Gasteiger partial charge in [0.05, 0.1) is 11.3 Å². The molecule has 0 bridgehead atoms. The molecule has 0 N–H and O–H groups in total. The molecule has 5 heteroatoms. The van der Waals surface area contributed by atoms with E-state index in [-0.39, 0.29) is 17.2 Å². The third-order valence-corrected chi connectivity index (χ3v) is 4.61. The van der Waals surface area contributed by atoms with Crippen LogP contribution in [0.15, 0.2) is 24.3 Å². The van der Waals surface area contributed by atoms with Crippen molar-refractivity contribution >= 4 is 23.1 Å². The SMILES string of the molecule is CC(C)(C)OC(=O)/C=C1/C(=O)N(CC2CCCC2)c2c(F)cccc21. The van der Waals surface area contributed by atoms with Crippen LogP contribution in [-0.2, 0) is 14.3 Å². The Morgan fingerprint density at radius 2 is 2.00 bits per heavy atom. The van der Waals surface area contributed by atoms with Gasteiger partial charge < -0.3 is 9.64 Å². The summed E-state index contributed by atoms with van der Waals surface area (Å²) in [6.07, 6.45) is 5.60. The Labute approximate surface area is 147 Å². The number of ether oxygens (including phenoxy) is 1. The molecule has 0 aromatic heterocycles. The summed E-state index contributed by atoms with van der Waals surface area (Å²) >= 11 is 0. The Bertz CT molecular complexity index is 727. The first-order valence-corrected chi connectivity index (χ1v) is 8.82. The van der Waals surface area contributed by atoms with Gasteiger partial charge in [-0.05, 0) is 45.6 Å². The van der Waals surface area contributed by atoms with Gasteiger partial charge in [0.25, 0.3) is 5.91 Å². The number of hydrogen-bond donors (Lipinski definition) is 0. The maximum atomic E-state index is 14.4. The first kappa shape index (κ1) is 17.6. The molecule has 0 atom stereocenters. The van der Waals surface area contributed by atoms with Crippen LogP contribution in [0.2, 0.25) is 0 Å². The highest BCUT2D eigenvalue weighted by molar-refractivity contribution is 6.34. The summed E-state index contributed by atoms with van der Waals surface area (Å²) in [5.74, 6) is -0.958. The zero-order valence-electron chi connectivity index (χ0n) is 15.0. The number of carbonyl (C=O) groups is 2. The summed E-state index contributed by atoms with van der Waals surface area (Å²) in [6, 6.07) is 4.59. The van der Waals surface area contributed by atoms with E-state index in [4.69, 9.17) is 4.74 Å². The average Bonchev–Trinajstić information content (AvgIpc) is 3.09. The van der Waals surface area contributed by atoms with Crippen LogP contribution in [0, 0.1) is 11.7 Å². The van der Waals surface area contributed by atoms with Crippen LogP contribution in [0.5, 0.6) is 0 Å². The molecule has 1 aliphatic heterocycles. The smallest absolute Gasteiger partial charge is 0.332 e. The third-order valence-electron chi connectivity index (χ3n) is 4.61. The van der Waals surface area contributed by atoms with E-state index in [0.29, 0.717) is 18.0 Å². The lowest BCUT2D eigenvalue weighted by molar-refractivity contribution is -0.148. The van der Waals surface area contributed by atoms with Gasteiger partial charge in [-0.3, -0.25) is 4.79 Å². The highest BCUT2D eigenvalue weighted by Crippen LogP contribution is 2.40. The average molecular weight is 345 g/mol. The predicted molar refractivity (Wildman–Crippen MR) is 94.5 cm³/mol. The van der Waals surface area contributed by atoms with Crippen LogP contribution in [0.25, 0.3) is 5.57 Å². The zero-order chi connectivity index (χ0) is 18.2. The highest BCUT2D eigenvalue weighted by Gasteiger charge is 2.37. The molecular formula is C20H24FNO3. The van der Waals surface area contributed by atoms with Crippen LogP contribution >= 0.6 is 0 Å². The zero-order valence-corrected chi connectivity index (χ0v) is 15.0. The molecule has 1 saturated carbocycles. The number of nitrogens with zero attached hydrogens (tertiary/aromatic N) is 1. The Hall–Kier alpha value is -2.17. The van der Waals surface area contributed by atoms with Crippen molar-refractivity contribution in [2.24, 2.45) is 5.92 Å².